The van der Waals surface area contributed by atoms with E-state index in [2.05, 4.69) is 22.8 Å². The summed E-state index contributed by atoms with van der Waals surface area (Å²) in [6.45, 7) is 3.81. The molecule has 0 aliphatic carbocycles. The molecule has 0 spiro atoms. The molecular weight excluding hydrogens is 427 g/mol. The van der Waals surface area contributed by atoms with Crippen molar-refractivity contribution in [1.82, 2.24) is 0 Å². The van der Waals surface area contributed by atoms with Gasteiger partial charge in [-0.3, -0.25) is 0 Å². The smallest absolute Gasteiger partial charge is 0.161 e. The lowest BCUT2D eigenvalue weighted by Crippen LogP contribution is -3.00. The topological polar surface area (TPSA) is 81.1 Å². The Morgan fingerprint density at radius 2 is 1.43 bits per heavy atom. The van der Waals surface area contributed by atoms with Gasteiger partial charge >= 0.3 is 0 Å². The Labute approximate surface area is 192 Å². The number of rotatable bonds is 14. The number of methoxy groups -OCH3 is 2. The summed E-state index contributed by atoms with van der Waals surface area (Å²) in [5, 5.41) is 14.5. The first-order chi connectivity index (χ1) is 13.7. The molecule has 2 rings (SSSR count). The Hall–Kier alpha value is -1.54. The van der Waals surface area contributed by atoms with Crippen LogP contribution in [0.1, 0.15) is 18.1 Å². The number of aliphatic hydroxyl groups excluding tert-OH is 1. The minimum atomic E-state index is -0.509. The van der Waals surface area contributed by atoms with E-state index in [0.717, 1.165) is 26.1 Å². The van der Waals surface area contributed by atoms with Gasteiger partial charge in [0.1, 0.15) is 31.9 Å². The third-order valence-electron chi connectivity index (χ3n) is 4.59. The van der Waals surface area contributed by atoms with E-state index in [1.165, 1.54) is 5.56 Å². The Bertz CT molecular complexity index is 665. The number of quaternary nitrogens is 2. The van der Waals surface area contributed by atoms with Gasteiger partial charge in [0.15, 0.2) is 11.5 Å². The van der Waals surface area contributed by atoms with Crippen molar-refractivity contribution >= 4 is 0 Å². The predicted octanol–water partition coefficient (Wildman–Crippen LogP) is -5.65. The molecular formula is C22H34Cl2N2O4. The van der Waals surface area contributed by atoms with Crippen molar-refractivity contribution in [2.45, 2.75) is 18.6 Å². The fourth-order valence-corrected chi connectivity index (χ4v) is 3.01. The van der Waals surface area contributed by atoms with Gasteiger partial charge < -0.3 is 54.8 Å². The first-order valence-corrected chi connectivity index (χ1v) is 9.89. The molecule has 8 heteroatoms. The molecule has 2 unspecified atom stereocenters. The van der Waals surface area contributed by atoms with Gasteiger partial charge in [-0.15, -0.1) is 0 Å². The third kappa shape index (κ3) is 10.5. The predicted molar refractivity (Wildman–Crippen MR) is 109 cm³/mol. The van der Waals surface area contributed by atoms with E-state index >= 15 is 0 Å². The number of benzene rings is 2. The van der Waals surface area contributed by atoms with Crippen LogP contribution < -0.4 is 44.9 Å². The Morgan fingerprint density at radius 3 is 2.07 bits per heavy atom. The van der Waals surface area contributed by atoms with E-state index in [0.29, 0.717) is 18.0 Å². The van der Waals surface area contributed by atoms with Gasteiger partial charge in [0.05, 0.1) is 20.2 Å². The standard InChI is InChI=1S/C22H32N2O4.2ClH/c1-26-20-11-6-7-12-21(20)28-17-19(25)15-23-13-8-14-24-16-22(27-2)18-9-4-3-5-10-18;;/h3-7,9-12,19,22-25H,8,13-17H2,1-2H3;2*1H. The minimum Gasteiger partial charge on any atom is -1.00 e. The van der Waals surface area contributed by atoms with Crippen LogP contribution in [0.25, 0.3) is 0 Å². The maximum Gasteiger partial charge on any atom is 0.161 e. The number of hydrogen-bond acceptors (Lipinski definition) is 4. The van der Waals surface area contributed by atoms with E-state index in [4.69, 9.17) is 14.2 Å². The van der Waals surface area contributed by atoms with Crippen molar-refractivity contribution in [3.8, 4) is 11.5 Å². The molecule has 2 aromatic rings. The van der Waals surface area contributed by atoms with Crippen LogP contribution in [-0.2, 0) is 4.74 Å². The van der Waals surface area contributed by atoms with Gasteiger partial charge in [0.2, 0.25) is 0 Å². The summed E-state index contributed by atoms with van der Waals surface area (Å²) >= 11 is 0. The molecule has 6 nitrogen and oxygen atoms in total. The van der Waals surface area contributed by atoms with Crippen molar-refractivity contribution in [1.29, 1.82) is 0 Å². The highest BCUT2D eigenvalue weighted by Crippen LogP contribution is 2.25. The molecule has 0 fully saturated rings. The molecule has 2 atom stereocenters. The minimum absolute atomic E-state index is 0. The van der Waals surface area contributed by atoms with Crippen LogP contribution in [0.2, 0.25) is 0 Å². The van der Waals surface area contributed by atoms with Gasteiger partial charge in [0.25, 0.3) is 0 Å². The summed E-state index contributed by atoms with van der Waals surface area (Å²) in [5.41, 5.74) is 1.21. The Kier molecular flexibility index (Phi) is 16.3. The van der Waals surface area contributed by atoms with E-state index in [1.807, 2.05) is 42.5 Å². The molecule has 0 heterocycles. The number of para-hydroxylation sites is 2. The van der Waals surface area contributed by atoms with Crippen LogP contribution in [0.4, 0.5) is 0 Å². The second-order valence-corrected chi connectivity index (χ2v) is 6.73. The number of ether oxygens (including phenoxy) is 3. The zero-order valence-electron chi connectivity index (χ0n) is 17.7. The number of hydrogen-bond donors (Lipinski definition) is 3. The maximum atomic E-state index is 10.1. The lowest BCUT2D eigenvalue weighted by atomic mass is 10.1. The summed E-state index contributed by atoms with van der Waals surface area (Å²) in [6.07, 6.45) is 0.690. The summed E-state index contributed by atoms with van der Waals surface area (Å²) in [6, 6.07) is 17.8. The van der Waals surface area contributed by atoms with E-state index < -0.39 is 6.10 Å². The zero-order valence-corrected chi connectivity index (χ0v) is 19.2. The van der Waals surface area contributed by atoms with E-state index in [9.17, 15) is 5.11 Å². The summed E-state index contributed by atoms with van der Waals surface area (Å²) in [4.78, 5) is 0. The van der Waals surface area contributed by atoms with Crippen LogP contribution in [-0.4, -0.2) is 58.2 Å². The summed E-state index contributed by atoms with van der Waals surface area (Å²) < 4.78 is 16.5. The largest absolute Gasteiger partial charge is 1.00 e. The summed E-state index contributed by atoms with van der Waals surface area (Å²) in [5.74, 6) is 1.34. The van der Waals surface area contributed by atoms with Gasteiger partial charge in [0, 0.05) is 13.5 Å². The molecule has 170 valence electrons. The van der Waals surface area contributed by atoms with Gasteiger partial charge in [-0.1, -0.05) is 42.5 Å². The molecule has 2 aromatic carbocycles. The van der Waals surface area contributed by atoms with Crippen molar-refractivity contribution in [3.05, 3.63) is 60.2 Å². The molecule has 5 N–H and O–H groups in total. The van der Waals surface area contributed by atoms with Crippen LogP contribution in [0.3, 0.4) is 0 Å². The molecule has 0 aliphatic heterocycles. The SMILES string of the molecule is COc1ccccc1OCC(O)C[NH2+]CCC[NH2+]CC(OC)c1ccccc1.[Cl-].[Cl-]. The van der Waals surface area contributed by atoms with Gasteiger partial charge in [-0.25, -0.2) is 0 Å². The van der Waals surface area contributed by atoms with Crippen molar-refractivity contribution < 1.29 is 54.8 Å². The molecule has 0 aromatic heterocycles. The Morgan fingerprint density at radius 1 is 0.833 bits per heavy atom. The molecule has 0 radical (unpaired) electrons. The molecule has 0 saturated heterocycles. The quantitative estimate of drug-likeness (QED) is 0.245. The highest BCUT2D eigenvalue weighted by Gasteiger charge is 2.12. The highest BCUT2D eigenvalue weighted by atomic mass is 35.5. The van der Waals surface area contributed by atoms with Gasteiger partial charge in [-0.2, -0.15) is 0 Å². The third-order valence-corrected chi connectivity index (χ3v) is 4.59. The average Bonchev–Trinajstić information content (AvgIpc) is 2.75. The second kappa shape index (κ2) is 17.2. The van der Waals surface area contributed by atoms with Crippen molar-refractivity contribution in [2.24, 2.45) is 0 Å². The first-order valence-electron chi connectivity index (χ1n) is 9.89. The lowest BCUT2D eigenvalue weighted by molar-refractivity contribution is -0.686. The van der Waals surface area contributed by atoms with Crippen molar-refractivity contribution in [3.63, 3.8) is 0 Å². The fourth-order valence-electron chi connectivity index (χ4n) is 3.01. The first kappa shape index (κ1) is 28.5. The van der Waals surface area contributed by atoms with Crippen LogP contribution in [0.15, 0.2) is 54.6 Å². The zero-order chi connectivity index (χ0) is 20.0. The van der Waals surface area contributed by atoms with Crippen molar-refractivity contribution in [2.75, 3.05) is 47.0 Å². The lowest BCUT2D eigenvalue weighted by Gasteiger charge is -2.14. The van der Waals surface area contributed by atoms with Crippen LogP contribution in [0.5, 0.6) is 11.5 Å². The number of nitrogens with two attached hydrogens (primary N) is 2. The average molecular weight is 461 g/mol. The summed E-state index contributed by atoms with van der Waals surface area (Å²) in [7, 11) is 3.37. The fraction of sp³-hybridized carbons (Fsp3) is 0.455. The molecule has 0 amide bonds. The van der Waals surface area contributed by atoms with Crippen LogP contribution in [0, 0.1) is 0 Å². The Balaban J connectivity index is 0.00000420. The molecule has 30 heavy (non-hydrogen) atoms. The molecule has 0 aliphatic rings. The van der Waals surface area contributed by atoms with E-state index in [1.54, 1.807) is 14.2 Å². The molecule has 0 saturated carbocycles. The second-order valence-electron chi connectivity index (χ2n) is 6.73. The van der Waals surface area contributed by atoms with Gasteiger partial charge in [-0.05, 0) is 17.7 Å². The van der Waals surface area contributed by atoms with E-state index in [-0.39, 0.29) is 37.5 Å². The van der Waals surface area contributed by atoms with Crippen LogP contribution >= 0.6 is 0 Å². The maximum absolute atomic E-state index is 10.1. The monoisotopic (exact) mass is 460 g/mol. The number of halogens is 2. The highest BCUT2D eigenvalue weighted by molar-refractivity contribution is 5.39. The number of aliphatic hydroxyl groups is 1. The normalized spacial score (nSPS) is 12.2. The molecule has 0 bridgehead atoms.